The van der Waals surface area contributed by atoms with E-state index in [0.29, 0.717) is 5.52 Å². The highest BCUT2D eigenvalue weighted by molar-refractivity contribution is 6.18. The van der Waals surface area contributed by atoms with Gasteiger partial charge in [-0.3, -0.25) is 0 Å². The van der Waals surface area contributed by atoms with Crippen LogP contribution in [0.5, 0.6) is 0 Å². The third-order valence-electron chi connectivity index (χ3n) is 5.97. The average molecular weight is 387 g/mol. The Hall–Kier alpha value is -3.34. The van der Waals surface area contributed by atoms with Gasteiger partial charge in [-0.1, -0.05) is 36.4 Å². The Morgan fingerprint density at radius 2 is 1.52 bits per heavy atom. The Labute approximate surface area is 168 Å². The number of esters is 2. The molecule has 146 valence electrons. The lowest BCUT2D eigenvalue weighted by Gasteiger charge is -2.08. The summed E-state index contributed by atoms with van der Waals surface area (Å²) in [6.45, 7) is 0. The largest absolute Gasteiger partial charge is 0.465 e. The number of aryl methyl sites for hydroxylation is 2. The van der Waals surface area contributed by atoms with Crippen molar-refractivity contribution in [2.75, 3.05) is 14.2 Å². The first kappa shape index (κ1) is 17.7. The molecule has 0 bridgehead atoms. The van der Waals surface area contributed by atoms with E-state index in [0.717, 1.165) is 47.8 Å². The van der Waals surface area contributed by atoms with Gasteiger partial charge in [0.15, 0.2) is 0 Å². The van der Waals surface area contributed by atoms with Crippen LogP contribution in [0, 0.1) is 0 Å². The maximum Gasteiger partial charge on any atom is 0.340 e. The van der Waals surface area contributed by atoms with E-state index in [4.69, 9.17) is 9.47 Å². The molecule has 0 fully saturated rings. The number of hydrogen-bond donors (Lipinski definition) is 0. The number of ether oxygens (including phenoxy) is 2. The van der Waals surface area contributed by atoms with Crippen molar-refractivity contribution in [3.05, 3.63) is 64.7 Å². The van der Waals surface area contributed by atoms with Crippen molar-refractivity contribution in [1.29, 1.82) is 0 Å². The van der Waals surface area contributed by atoms with Gasteiger partial charge in [0, 0.05) is 5.56 Å². The monoisotopic (exact) mass is 387 g/mol. The first-order valence-electron chi connectivity index (χ1n) is 9.83. The van der Waals surface area contributed by atoms with Crippen molar-refractivity contribution >= 4 is 28.5 Å². The molecule has 1 aromatic carbocycles. The predicted octanol–water partition coefficient (Wildman–Crippen LogP) is 4.65. The molecule has 1 aliphatic rings. The molecule has 3 heterocycles. The number of methoxy groups -OCH3 is 2. The van der Waals surface area contributed by atoms with Crippen LogP contribution in [0.1, 0.15) is 44.7 Å². The van der Waals surface area contributed by atoms with E-state index >= 15 is 0 Å². The van der Waals surface area contributed by atoms with Gasteiger partial charge in [-0.25, -0.2) is 9.59 Å². The molecule has 0 saturated heterocycles. The summed E-state index contributed by atoms with van der Waals surface area (Å²) in [5, 5.41) is 0. The fourth-order valence-electron chi connectivity index (χ4n) is 4.80. The number of hydrogen-bond acceptors (Lipinski definition) is 4. The Kier molecular flexibility index (Phi) is 4.05. The van der Waals surface area contributed by atoms with Crippen LogP contribution in [0.3, 0.4) is 0 Å². The molecule has 0 aliphatic heterocycles. The molecule has 0 N–H and O–H groups in total. The summed E-state index contributed by atoms with van der Waals surface area (Å²) in [5.41, 5.74) is 7.65. The average Bonchev–Trinajstić information content (AvgIpc) is 3.18. The van der Waals surface area contributed by atoms with Crippen LogP contribution in [-0.4, -0.2) is 30.6 Å². The summed E-state index contributed by atoms with van der Waals surface area (Å²) < 4.78 is 12.2. The normalized spacial score (nSPS) is 13.6. The van der Waals surface area contributed by atoms with E-state index in [2.05, 4.69) is 22.6 Å². The van der Waals surface area contributed by atoms with E-state index in [1.165, 1.54) is 25.3 Å². The minimum atomic E-state index is -0.529. The van der Waals surface area contributed by atoms with Gasteiger partial charge in [-0.05, 0) is 48.4 Å². The zero-order valence-electron chi connectivity index (χ0n) is 16.5. The zero-order valence-corrected chi connectivity index (χ0v) is 16.5. The van der Waals surface area contributed by atoms with E-state index < -0.39 is 11.9 Å². The lowest BCUT2D eigenvalue weighted by molar-refractivity contribution is 0.0559. The Bertz CT molecular complexity index is 1250. The molecule has 5 nitrogen and oxygen atoms in total. The van der Waals surface area contributed by atoms with Gasteiger partial charge >= 0.3 is 11.9 Å². The number of nitrogens with zero attached hydrogens (tertiary/aromatic N) is 1. The predicted molar refractivity (Wildman–Crippen MR) is 111 cm³/mol. The van der Waals surface area contributed by atoms with Crippen LogP contribution in [0.15, 0.2) is 42.5 Å². The van der Waals surface area contributed by atoms with Crippen molar-refractivity contribution in [3.63, 3.8) is 0 Å². The molecule has 0 radical (unpaired) electrons. The SMILES string of the molecule is COC(=O)c1c(C(=O)OC)c2c(-c3ccccc3)c3c4c(ccc1n42)CCCC3. The number of rotatable bonds is 3. The topological polar surface area (TPSA) is 57.0 Å². The highest BCUT2D eigenvalue weighted by Crippen LogP contribution is 2.44. The van der Waals surface area contributed by atoms with Crippen molar-refractivity contribution in [2.24, 2.45) is 0 Å². The fourth-order valence-corrected chi connectivity index (χ4v) is 4.80. The molecule has 0 amide bonds. The Morgan fingerprint density at radius 3 is 2.24 bits per heavy atom. The van der Waals surface area contributed by atoms with E-state index in [1.54, 1.807) is 0 Å². The summed E-state index contributed by atoms with van der Waals surface area (Å²) in [6.07, 6.45) is 4.13. The molecule has 0 spiro atoms. The second-order valence-electron chi connectivity index (χ2n) is 7.44. The van der Waals surface area contributed by atoms with E-state index in [9.17, 15) is 9.59 Å². The molecule has 0 saturated carbocycles. The van der Waals surface area contributed by atoms with Crippen molar-refractivity contribution in [2.45, 2.75) is 25.7 Å². The van der Waals surface area contributed by atoms with Gasteiger partial charge in [-0.2, -0.15) is 0 Å². The fraction of sp³-hybridized carbons (Fsp3) is 0.250. The third-order valence-corrected chi connectivity index (χ3v) is 5.97. The third kappa shape index (κ3) is 2.40. The zero-order chi connectivity index (χ0) is 20.1. The summed E-state index contributed by atoms with van der Waals surface area (Å²) in [7, 11) is 2.68. The van der Waals surface area contributed by atoms with Crippen molar-refractivity contribution in [3.8, 4) is 11.1 Å². The second kappa shape index (κ2) is 6.62. The summed E-state index contributed by atoms with van der Waals surface area (Å²) in [4.78, 5) is 25.6. The Morgan fingerprint density at radius 1 is 0.828 bits per heavy atom. The quantitative estimate of drug-likeness (QED) is 0.480. The van der Waals surface area contributed by atoms with Gasteiger partial charge in [0.2, 0.25) is 0 Å². The van der Waals surface area contributed by atoms with Crippen LogP contribution in [-0.2, 0) is 22.3 Å². The van der Waals surface area contributed by atoms with Gasteiger partial charge in [0.1, 0.15) is 11.1 Å². The number of carbonyl (C=O) groups is 2. The molecule has 29 heavy (non-hydrogen) atoms. The van der Waals surface area contributed by atoms with E-state index in [1.807, 2.05) is 24.3 Å². The molecule has 0 atom stereocenters. The van der Waals surface area contributed by atoms with Crippen LogP contribution in [0.25, 0.3) is 27.7 Å². The lowest BCUT2D eigenvalue weighted by Crippen LogP contribution is -2.10. The minimum absolute atomic E-state index is 0.272. The highest BCUT2D eigenvalue weighted by atomic mass is 16.5. The first-order valence-corrected chi connectivity index (χ1v) is 9.83. The standard InChI is InChI=1S/C24H21NO4/c1-28-23(26)19-17-13-12-15-10-6-7-11-16-18(14-8-4-3-5-9-14)22(25(17)21(15)16)20(19)24(27)29-2/h3-5,8-9,12-13H,6-7,10-11H2,1-2H3. The number of benzene rings is 1. The molecular weight excluding hydrogens is 366 g/mol. The van der Waals surface area contributed by atoms with Crippen LogP contribution >= 0.6 is 0 Å². The molecule has 5 rings (SSSR count). The maximum atomic E-state index is 12.9. The summed E-state index contributed by atoms with van der Waals surface area (Å²) in [6, 6.07) is 14.1. The van der Waals surface area contributed by atoms with Crippen molar-refractivity contribution < 1.29 is 19.1 Å². The molecular formula is C24H21NO4. The highest BCUT2D eigenvalue weighted by Gasteiger charge is 2.34. The minimum Gasteiger partial charge on any atom is -0.465 e. The van der Waals surface area contributed by atoms with Gasteiger partial charge in [0.05, 0.1) is 30.8 Å². The number of pyridine rings is 1. The summed E-state index contributed by atoms with van der Waals surface area (Å²) in [5.74, 6) is -1.05. The smallest absolute Gasteiger partial charge is 0.340 e. The van der Waals surface area contributed by atoms with Gasteiger partial charge in [-0.15, -0.1) is 0 Å². The Balaban J connectivity index is 2.04. The molecule has 4 aromatic rings. The molecule has 5 heteroatoms. The maximum absolute atomic E-state index is 12.9. The summed E-state index contributed by atoms with van der Waals surface area (Å²) >= 11 is 0. The first-order chi connectivity index (χ1) is 14.2. The van der Waals surface area contributed by atoms with Crippen molar-refractivity contribution in [1.82, 2.24) is 4.40 Å². The van der Waals surface area contributed by atoms with Crippen LogP contribution < -0.4 is 0 Å². The number of carbonyl (C=O) groups excluding carboxylic acids is 2. The van der Waals surface area contributed by atoms with Crippen LogP contribution in [0.2, 0.25) is 0 Å². The van der Waals surface area contributed by atoms with Gasteiger partial charge < -0.3 is 13.9 Å². The number of aromatic nitrogens is 1. The molecule has 1 aliphatic carbocycles. The van der Waals surface area contributed by atoms with Crippen LogP contribution in [0.4, 0.5) is 0 Å². The van der Waals surface area contributed by atoms with E-state index in [-0.39, 0.29) is 11.1 Å². The molecule has 0 unspecified atom stereocenters. The van der Waals surface area contributed by atoms with Gasteiger partial charge in [0.25, 0.3) is 0 Å². The molecule has 3 aromatic heterocycles. The second-order valence-corrected chi connectivity index (χ2v) is 7.44. The lowest BCUT2D eigenvalue weighted by atomic mass is 9.96.